The first-order chi connectivity index (χ1) is 7.65. The van der Waals surface area contributed by atoms with Crippen LogP contribution in [0.1, 0.15) is 78.6 Å². The molecule has 2 aliphatic rings. The molecule has 0 aromatic heterocycles. The van der Waals surface area contributed by atoms with Gasteiger partial charge >= 0.3 is 0 Å². The summed E-state index contributed by atoms with van der Waals surface area (Å²) in [5.41, 5.74) is 0.703. The van der Waals surface area contributed by atoms with Gasteiger partial charge < -0.3 is 0 Å². The molecule has 2 rings (SSSR count). The molecule has 3 atom stereocenters. The zero-order chi connectivity index (χ0) is 11.6. The molecule has 0 saturated heterocycles. The first-order valence-electron chi connectivity index (χ1n) is 7.65. The molecule has 0 N–H and O–H groups in total. The van der Waals surface area contributed by atoms with Gasteiger partial charge in [-0.2, -0.15) is 0 Å². The van der Waals surface area contributed by atoms with Crippen LogP contribution in [-0.4, -0.2) is 0 Å². The van der Waals surface area contributed by atoms with Gasteiger partial charge in [0.1, 0.15) is 0 Å². The second-order valence-electron chi connectivity index (χ2n) is 6.86. The summed E-state index contributed by atoms with van der Waals surface area (Å²) >= 11 is 0. The van der Waals surface area contributed by atoms with Crippen LogP contribution in [0.25, 0.3) is 0 Å². The predicted molar refractivity (Wildman–Crippen MR) is 71.5 cm³/mol. The quantitative estimate of drug-likeness (QED) is 0.547. The van der Waals surface area contributed by atoms with E-state index in [1.54, 1.807) is 0 Å². The van der Waals surface area contributed by atoms with Crippen molar-refractivity contribution in [2.75, 3.05) is 0 Å². The second-order valence-corrected chi connectivity index (χ2v) is 6.86. The zero-order valence-electron chi connectivity index (χ0n) is 11.6. The smallest absolute Gasteiger partial charge is 0.0297 e. The third kappa shape index (κ3) is 2.46. The molecule has 0 nitrogen and oxygen atoms in total. The van der Waals surface area contributed by atoms with Crippen molar-refractivity contribution in [1.82, 2.24) is 0 Å². The molecule has 0 aliphatic heterocycles. The summed E-state index contributed by atoms with van der Waals surface area (Å²) in [6.45, 7) is 7.49. The van der Waals surface area contributed by atoms with Crippen LogP contribution in [-0.2, 0) is 0 Å². The lowest BCUT2D eigenvalue weighted by atomic mass is 9.70. The molecule has 0 aromatic carbocycles. The first-order valence-corrected chi connectivity index (χ1v) is 7.65. The van der Waals surface area contributed by atoms with E-state index < -0.39 is 0 Å². The Bertz CT molecular complexity index is 214. The molecule has 0 amide bonds. The molecule has 2 unspecified atom stereocenters. The Hall–Kier alpha value is 0. The minimum Gasteiger partial charge on any atom is -0.0651 e. The minimum atomic E-state index is 0.703. The molecule has 2 fully saturated rings. The highest BCUT2D eigenvalue weighted by atomic mass is 14.4. The van der Waals surface area contributed by atoms with Crippen molar-refractivity contribution >= 4 is 0 Å². The predicted octanol–water partition coefficient (Wildman–Crippen LogP) is 5.42. The fraction of sp³-hybridized carbons (Fsp3) is 1.00. The molecular formula is C16H30. The van der Waals surface area contributed by atoms with Crippen LogP contribution in [0.5, 0.6) is 0 Å². The Morgan fingerprint density at radius 1 is 1.00 bits per heavy atom. The van der Waals surface area contributed by atoms with Gasteiger partial charge in [0.15, 0.2) is 0 Å². The number of hydrogen-bond acceptors (Lipinski definition) is 0. The largest absolute Gasteiger partial charge is 0.0651 e. The maximum atomic E-state index is 2.60. The lowest BCUT2D eigenvalue weighted by Crippen LogP contribution is -2.24. The molecule has 0 heteroatoms. The first kappa shape index (κ1) is 12.5. The summed E-state index contributed by atoms with van der Waals surface area (Å²) in [5.74, 6) is 3.06. The highest BCUT2D eigenvalue weighted by molar-refractivity contribution is 4.89. The lowest BCUT2D eigenvalue weighted by Gasteiger charge is -2.35. The van der Waals surface area contributed by atoms with Crippen molar-refractivity contribution in [3.05, 3.63) is 0 Å². The van der Waals surface area contributed by atoms with Crippen molar-refractivity contribution in [3.8, 4) is 0 Å². The summed E-state index contributed by atoms with van der Waals surface area (Å²) < 4.78 is 0. The van der Waals surface area contributed by atoms with E-state index in [9.17, 15) is 0 Å². The topological polar surface area (TPSA) is 0 Å². The van der Waals surface area contributed by atoms with Crippen LogP contribution in [0, 0.1) is 23.2 Å². The molecular weight excluding hydrogens is 192 g/mol. The average Bonchev–Trinajstić information content (AvgIpc) is 2.77. The normalized spacial score (nSPS) is 42.2. The minimum absolute atomic E-state index is 0.703. The molecule has 0 radical (unpaired) electrons. The van der Waals surface area contributed by atoms with Crippen LogP contribution in [0.15, 0.2) is 0 Å². The fourth-order valence-corrected chi connectivity index (χ4v) is 4.36. The third-order valence-corrected chi connectivity index (χ3v) is 5.93. The number of hydrogen-bond donors (Lipinski definition) is 0. The van der Waals surface area contributed by atoms with E-state index in [-0.39, 0.29) is 0 Å². The molecule has 0 spiro atoms. The van der Waals surface area contributed by atoms with E-state index >= 15 is 0 Å². The fourth-order valence-electron chi connectivity index (χ4n) is 4.36. The Morgan fingerprint density at radius 3 is 2.25 bits per heavy atom. The maximum Gasteiger partial charge on any atom is -0.0297 e. The van der Waals surface area contributed by atoms with Crippen LogP contribution in [0.2, 0.25) is 0 Å². The van der Waals surface area contributed by atoms with E-state index in [2.05, 4.69) is 20.8 Å². The summed E-state index contributed by atoms with van der Waals surface area (Å²) in [7, 11) is 0. The van der Waals surface area contributed by atoms with Gasteiger partial charge in [0, 0.05) is 0 Å². The van der Waals surface area contributed by atoms with Crippen molar-refractivity contribution < 1.29 is 0 Å². The maximum absolute atomic E-state index is 2.60. The van der Waals surface area contributed by atoms with E-state index in [4.69, 9.17) is 0 Å². The molecule has 16 heavy (non-hydrogen) atoms. The molecule has 2 saturated carbocycles. The van der Waals surface area contributed by atoms with Gasteiger partial charge in [-0.25, -0.2) is 0 Å². The Morgan fingerprint density at radius 2 is 1.62 bits per heavy atom. The van der Waals surface area contributed by atoms with Gasteiger partial charge in [0.2, 0.25) is 0 Å². The van der Waals surface area contributed by atoms with Gasteiger partial charge in [-0.1, -0.05) is 40.0 Å². The van der Waals surface area contributed by atoms with Crippen molar-refractivity contribution in [1.29, 1.82) is 0 Å². The lowest BCUT2D eigenvalue weighted by molar-refractivity contribution is 0.157. The van der Waals surface area contributed by atoms with E-state index in [1.165, 1.54) is 57.8 Å². The SMILES string of the molecule is CCC1CCC(C)(C2CCCC2)CC[C@H]1C. The summed E-state index contributed by atoms with van der Waals surface area (Å²) in [5, 5.41) is 0. The monoisotopic (exact) mass is 222 g/mol. The van der Waals surface area contributed by atoms with E-state index in [0.717, 1.165) is 17.8 Å². The summed E-state index contributed by atoms with van der Waals surface area (Å²) in [4.78, 5) is 0. The van der Waals surface area contributed by atoms with E-state index in [0.29, 0.717) is 5.41 Å². The Balaban J connectivity index is 2.00. The molecule has 0 heterocycles. The Kier molecular flexibility index (Phi) is 3.97. The molecule has 94 valence electrons. The standard InChI is InChI=1S/C16H30/c1-4-14-10-12-16(3,11-9-13(14)2)15-7-5-6-8-15/h13-15H,4-12H2,1-3H3/t13-,14?,16?/m1/s1. The summed E-state index contributed by atoms with van der Waals surface area (Å²) in [6, 6.07) is 0. The number of rotatable bonds is 2. The highest BCUT2D eigenvalue weighted by Gasteiger charge is 2.38. The third-order valence-electron chi connectivity index (χ3n) is 5.93. The van der Waals surface area contributed by atoms with Crippen molar-refractivity contribution in [3.63, 3.8) is 0 Å². The summed E-state index contributed by atoms with van der Waals surface area (Å²) in [6.07, 6.45) is 13.5. The Labute approximate surface area is 102 Å². The van der Waals surface area contributed by atoms with Crippen molar-refractivity contribution in [2.24, 2.45) is 23.2 Å². The van der Waals surface area contributed by atoms with Gasteiger partial charge in [-0.3, -0.25) is 0 Å². The second kappa shape index (κ2) is 5.10. The van der Waals surface area contributed by atoms with Gasteiger partial charge in [-0.05, 0) is 61.7 Å². The highest BCUT2D eigenvalue weighted by Crippen LogP contribution is 2.50. The van der Waals surface area contributed by atoms with Crippen molar-refractivity contribution in [2.45, 2.75) is 78.6 Å². The van der Waals surface area contributed by atoms with Crippen LogP contribution in [0.3, 0.4) is 0 Å². The molecule has 0 aromatic rings. The molecule has 2 aliphatic carbocycles. The molecule has 0 bridgehead atoms. The van der Waals surface area contributed by atoms with Crippen LogP contribution < -0.4 is 0 Å². The van der Waals surface area contributed by atoms with E-state index in [1.807, 2.05) is 0 Å². The zero-order valence-corrected chi connectivity index (χ0v) is 11.6. The van der Waals surface area contributed by atoms with Crippen LogP contribution in [0.4, 0.5) is 0 Å². The van der Waals surface area contributed by atoms with Gasteiger partial charge in [0.25, 0.3) is 0 Å². The van der Waals surface area contributed by atoms with Gasteiger partial charge in [-0.15, -0.1) is 0 Å². The average molecular weight is 222 g/mol. The van der Waals surface area contributed by atoms with Gasteiger partial charge in [0.05, 0.1) is 0 Å². The van der Waals surface area contributed by atoms with Crippen LogP contribution >= 0.6 is 0 Å².